The fourth-order valence-electron chi connectivity index (χ4n) is 2.94. The summed E-state index contributed by atoms with van der Waals surface area (Å²) in [5.41, 5.74) is 6.63. The van der Waals surface area contributed by atoms with E-state index in [2.05, 4.69) is 10.2 Å². The van der Waals surface area contributed by atoms with Crippen LogP contribution in [0, 0.1) is 6.92 Å². The molecule has 1 saturated heterocycles. The summed E-state index contributed by atoms with van der Waals surface area (Å²) in [7, 11) is -3.52. The van der Waals surface area contributed by atoms with E-state index in [1.807, 2.05) is 6.92 Å². The Morgan fingerprint density at radius 2 is 2.15 bits per heavy atom. The predicted molar refractivity (Wildman–Crippen MR) is 77.7 cm³/mol. The van der Waals surface area contributed by atoms with E-state index in [-0.39, 0.29) is 17.5 Å². The van der Waals surface area contributed by atoms with E-state index in [4.69, 9.17) is 5.73 Å². The zero-order chi connectivity index (χ0) is 14.8. The molecule has 0 saturated carbocycles. The van der Waals surface area contributed by atoms with Gasteiger partial charge in [0.25, 0.3) is 0 Å². The molecular weight excluding hydrogens is 276 g/mol. The molecule has 1 aromatic rings. The number of sulfonamides is 1. The van der Waals surface area contributed by atoms with E-state index < -0.39 is 10.0 Å². The highest BCUT2D eigenvalue weighted by Gasteiger charge is 2.35. The minimum Gasteiger partial charge on any atom is -0.325 e. The molecule has 0 aromatic carbocycles. The Morgan fingerprint density at radius 1 is 1.40 bits per heavy atom. The molecule has 0 bridgehead atoms. The molecule has 1 unspecified atom stereocenters. The van der Waals surface area contributed by atoms with Crippen LogP contribution >= 0.6 is 0 Å². The van der Waals surface area contributed by atoms with Crippen LogP contribution in [0.1, 0.15) is 50.4 Å². The molecule has 1 atom stereocenters. The normalized spacial score (nSPS) is 21.9. The monoisotopic (exact) mass is 300 g/mol. The molecule has 2 heterocycles. The molecular formula is C13H24N4O2S. The zero-order valence-corrected chi connectivity index (χ0v) is 13.0. The van der Waals surface area contributed by atoms with Crippen molar-refractivity contribution in [1.29, 1.82) is 0 Å². The molecule has 0 amide bonds. The van der Waals surface area contributed by atoms with Crippen LogP contribution in [0.5, 0.6) is 0 Å². The van der Waals surface area contributed by atoms with Gasteiger partial charge in [-0.1, -0.05) is 19.8 Å². The summed E-state index contributed by atoms with van der Waals surface area (Å²) >= 11 is 0. The van der Waals surface area contributed by atoms with Gasteiger partial charge in [0.2, 0.25) is 10.0 Å². The van der Waals surface area contributed by atoms with Crippen LogP contribution in [0.2, 0.25) is 0 Å². The van der Waals surface area contributed by atoms with Crippen LogP contribution in [-0.2, 0) is 16.6 Å². The average molecular weight is 300 g/mol. The van der Waals surface area contributed by atoms with E-state index >= 15 is 0 Å². The van der Waals surface area contributed by atoms with Gasteiger partial charge < -0.3 is 5.73 Å². The smallest absolute Gasteiger partial charge is 0.247 e. The number of H-pyrrole nitrogens is 1. The molecule has 0 spiro atoms. The third kappa shape index (κ3) is 2.75. The summed E-state index contributed by atoms with van der Waals surface area (Å²) in [5, 5.41) is 6.76. The second-order valence-corrected chi connectivity index (χ2v) is 7.18. The first-order chi connectivity index (χ1) is 9.52. The predicted octanol–water partition coefficient (Wildman–Crippen LogP) is 1.52. The summed E-state index contributed by atoms with van der Waals surface area (Å²) in [6.45, 7) is 4.50. The molecule has 0 aliphatic carbocycles. The topological polar surface area (TPSA) is 92.1 Å². The molecule has 3 N–H and O–H groups in total. The largest absolute Gasteiger partial charge is 0.325 e. The van der Waals surface area contributed by atoms with Crippen molar-refractivity contribution in [3.63, 3.8) is 0 Å². The van der Waals surface area contributed by atoms with Gasteiger partial charge >= 0.3 is 0 Å². The third-order valence-electron chi connectivity index (χ3n) is 4.02. The quantitative estimate of drug-likeness (QED) is 0.882. The first-order valence-electron chi connectivity index (χ1n) is 7.28. The van der Waals surface area contributed by atoms with Crippen molar-refractivity contribution in [1.82, 2.24) is 14.5 Å². The van der Waals surface area contributed by atoms with Gasteiger partial charge in [0.1, 0.15) is 4.90 Å². The molecule has 1 aliphatic heterocycles. The summed E-state index contributed by atoms with van der Waals surface area (Å²) in [4.78, 5) is 0.278. The highest BCUT2D eigenvalue weighted by atomic mass is 32.2. The number of nitrogens with one attached hydrogen (secondary N) is 1. The lowest BCUT2D eigenvalue weighted by Crippen LogP contribution is -2.40. The maximum absolute atomic E-state index is 13.0. The van der Waals surface area contributed by atoms with Crippen LogP contribution in [0.25, 0.3) is 0 Å². The Hall–Kier alpha value is -0.920. The van der Waals surface area contributed by atoms with Crippen LogP contribution in [0.3, 0.4) is 0 Å². The van der Waals surface area contributed by atoms with Gasteiger partial charge in [-0.3, -0.25) is 5.10 Å². The van der Waals surface area contributed by atoms with E-state index in [9.17, 15) is 8.42 Å². The van der Waals surface area contributed by atoms with Crippen LogP contribution < -0.4 is 5.73 Å². The van der Waals surface area contributed by atoms with Crippen molar-refractivity contribution < 1.29 is 8.42 Å². The molecule has 114 valence electrons. The Kier molecular flexibility index (Phi) is 4.82. The Bertz CT molecular complexity index is 553. The second-order valence-electron chi connectivity index (χ2n) is 5.36. The highest BCUT2D eigenvalue weighted by molar-refractivity contribution is 7.89. The first-order valence-corrected chi connectivity index (χ1v) is 8.72. The zero-order valence-electron chi connectivity index (χ0n) is 12.2. The number of hydrogen-bond acceptors (Lipinski definition) is 4. The molecule has 7 heteroatoms. The molecule has 1 aromatic heterocycles. The maximum Gasteiger partial charge on any atom is 0.247 e. The molecule has 20 heavy (non-hydrogen) atoms. The van der Waals surface area contributed by atoms with Crippen LogP contribution in [0.15, 0.2) is 4.90 Å². The van der Waals surface area contributed by atoms with Gasteiger partial charge in [0, 0.05) is 19.1 Å². The van der Waals surface area contributed by atoms with Crippen LogP contribution in [-0.4, -0.2) is 35.5 Å². The number of aryl methyl sites for hydroxylation is 1. The summed E-state index contributed by atoms with van der Waals surface area (Å²) in [5.74, 6) is 0. The lowest BCUT2D eigenvalue weighted by Gasteiger charge is -2.28. The standard InChI is InChI=1S/C13H24N4O2S/c1-3-11-7-5-4-6-8-17(11)20(18,19)13-10(2)15-16-12(13)9-14/h11H,3-9,14H2,1-2H3,(H,15,16). The van der Waals surface area contributed by atoms with Crippen molar-refractivity contribution in [2.45, 2.75) is 63.4 Å². The maximum atomic E-state index is 13.0. The Morgan fingerprint density at radius 3 is 2.80 bits per heavy atom. The van der Waals surface area contributed by atoms with Crippen molar-refractivity contribution in [3.8, 4) is 0 Å². The summed E-state index contributed by atoms with van der Waals surface area (Å²) < 4.78 is 27.6. The SMILES string of the molecule is CCC1CCCCCN1S(=O)(=O)c1c(CN)n[nH]c1C. The molecule has 2 rings (SSSR count). The van der Waals surface area contributed by atoms with E-state index in [0.29, 0.717) is 17.9 Å². The van der Waals surface area contributed by atoms with Gasteiger partial charge in [-0.15, -0.1) is 0 Å². The first kappa shape index (κ1) is 15.5. The summed E-state index contributed by atoms with van der Waals surface area (Å²) in [6, 6.07) is 0.0856. The van der Waals surface area contributed by atoms with Crippen molar-refractivity contribution >= 4 is 10.0 Å². The molecule has 1 fully saturated rings. The fourth-order valence-corrected chi connectivity index (χ4v) is 5.05. The number of rotatable bonds is 4. The highest BCUT2D eigenvalue weighted by Crippen LogP contribution is 2.28. The van der Waals surface area contributed by atoms with Crippen molar-refractivity contribution in [2.75, 3.05) is 6.54 Å². The average Bonchev–Trinajstić information content (AvgIpc) is 2.65. The Labute approximate surface area is 120 Å². The van der Waals surface area contributed by atoms with Gasteiger partial charge in [-0.2, -0.15) is 9.40 Å². The van der Waals surface area contributed by atoms with Gasteiger partial charge in [0.05, 0.1) is 11.4 Å². The third-order valence-corrected chi connectivity index (χ3v) is 6.17. The number of nitrogens with two attached hydrogens (primary N) is 1. The molecule has 1 aliphatic rings. The lowest BCUT2D eigenvalue weighted by molar-refractivity contribution is 0.314. The van der Waals surface area contributed by atoms with Crippen molar-refractivity contribution in [2.24, 2.45) is 5.73 Å². The van der Waals surface area contributed by atoms with E-state index in [1.165, 1.54) is 0 Å². The van der Waals surface area contributed by atoms with Gasteiger partial charge in [-0.05, 0) is 26.2 Å². The summed E-state index contributed by atoms with van der Waals surface area (Å²) in [6.07, 6.45) is 4.89. The van der Waals surface area contributed by atoms with Crippen molar-refractivity contribution in [3.05, 3.63) is 11.4 Å². The fraction of sp³-hybridized carbons (Fsp3) is 0.769. The number of hydrogen-bond donors (Lipinski definition) is 2. The second kappa shape index (κ2) is 6.24. The van der Waals surface area contributed by atoms with Crippen LogP contribution in [0.4, 0.5) is 0 Å². The minimum atomic E-state index is -3.52. The number of aromatic amines is 1. The minimum absolute atomic E-state index is 0.0856. The lowest BCUT2D eigenvalue weighted by atomic mass is 10.1. The van der Waals surface area contributed by atoms with Gasteiger partial charge in [0.15, 0.2) is 0 Å². The van der Waals surface area contributed by atoms with E-state index in [0.717, 1.165) is 32.1 Å². The van der Waals surface area contributed by atoms with Gasteiger partial charge in [-0.25, -0.2) is 8.42 Å². The molecule has 6 nitrogen and oxygen atoms in total. The van der Waals surface area contributed by atoms with E-state index in [1.54, 1.807) is 11.2 Å². The molecule has 0 radical (unpaired) electrons. The Balaban J connectivity index is 2.44. The number of nitrogens with zero attached hydrogens (tertiary/aromatic N) is 2. The number of aromatic nitrogens is 2.